The number of halogens is 2. The lowest BCUT2D eigenvalue weighted by Crippen LogP contribution is -2.37. The number of thioether (sulfide) groups is 1. The van der Waals surface area contributed by atoms with E-state index in [2.05, 4.69) is 44.6 Å². The molecule has 1 aliphatic rings. The second kappa shape index (κ2) is 11.7. The molecule has 0 atom stereocenters. The average molecular weight is 515 g/mol. The number of anilines is 1. The highest BCUT2D eigenvalue weighted by atomic mass is 35.5. The van der Waals surface area contributed by atoms with Crippen molar-refractivity contribution in [2.24, 2.45) is 4.99 Å². The molecule has 0 saturated carbocycles. The Morgan fingerprint density at radius 2 is 1.94 bits per heavy atom. The second-order valence-electron chi connectivity index (χ2n) is 7.13. The lowest BCUT2D eigenvalue weighted by atomic mass is 10.0. The van der Waals surface area contributed by atoms with E-state index in [0.29, 0.717) is 40.5 Å². The monoisotopic (exact) mass is 514 g/mol. The Bertz CT molecular complexity index is 1220. The molecule has 0 aliphatic carbocycles. The molecule has 0 unspecified atom stereocenters. The first-order valence-electron chi connectivity index (χ1n) is 10.3. The number of nitrogens with one attached hydrogen (secondary N) is 1. The molecule has 4 rings (SSSR count). The topological polar surface area (TPSA) is 53.7 Å². The van der Waals surface area contributed by atoms with Crippen molar-refractivity contribution in [3.05, 3.63) is 58.1 Å². The van der Waals surface area contributed by atoms with Gasteiger partial charge in [-0.15, -0.1) is 0 Å². The molecular formula is C24H20Cl2N4OS2. The number of benzene rings is 2. The zero-order valence-corrected chi connectivity index (χ0v) is 20.8. The summed E-state index contributed by atoms with van der Waals surface area (Å²) in [6.07, 6.45) is 0.637. The first-order valence-corrected chi connectivity index (χ1v) is 12.6. The van der Waals surface area contributed by atoms with Crippen molar-refractivity contribution in [1.29, 1.82) is 0 Å². The molecule has 1 saturated heterocycles. The van der Waals surface area contributed by atoms with Crippen LogP contribution in [-0.2, 0) is 0 Å². The Morgan fingerprint density at radius 3 is 2.67 bits per heavy atom. The number of isothiocyanates is 1. The van der Waals surface area contributed by atoms with Crippen molar-refractivity contribution in [3.63, 3.8) is 0 Å². The number of hydrogen-bond acceptors (Lipinski definition) is 7. The van der Waals surface area contributed by atoms with E-state index in [9.17, 15) is 0 Å². The zero-order valence-electron chi connectivity index (χ0n) is 17.6. The summed E-state index contributed by atoms with van der Waals surface area (Å²) < 4.78 is 6.16. The van der Waals surface area contributed by atoms with Gasteiger partial charge < -0.3 is 4.42 Å². The van der Waals surface area contributed by atoms with Gasteiger partial charge in [-0.05, 0) is 42.5 Å². The summed E-state index contributed by atoms with van der Waals surface area (Å²) in [5.74, 6) is 8.93. The van der Waals surface area contributed by atoms with Gasteiger partial charge in [-0.2, -0.15) is 16.7 Å². The van der Waals surface area contributed by atoms with Gasteiger partial charge in [0.05, 0.1) is 16.7 Å². The van der Waals surface area contributed by atoms with Crippen LogP contribution in [0.2, 0.25) is 10.0 Å². The average Bonchev–Trinajstić information content (AvgIpc) is 3.23. The predicted molar refractivity (Wildman–Crippen MR) is 141 cm³/mol. The van der Waals surface area contributed by atoms with Crippen LogP contribution in [0.5, 0.6) is 0 Å². The van der Waals surface area contributed by atoms with Gasteiger partial charge in [0.15, 0.2) is 5.76 Å². The fraction of sp³-hybridized carbons (Fsp3) is 0.250. The SMILES string of the molecule is S=C=NCCC#Cc1ccc(-c2nc(NN3CCSCC3)oc2-c2ccc(Cl)cc2Cl)cc1. The maximum atomic E-state index is 6.50. The summed E-state index contributed by atoms with van der Waals surface area (Å²) in [4.78, 5) is 8.62. The molecule has 1 aliphatic heterocycles. The summed E-state index contributed by atoms with van der Waals surface area (Å²) in [7, 11) is 0. The van der Waals surface area contributed by atoms with E-state index in [1.807, 2.05) is 42.1 Å². The van der Waals surface area contributed by atoms with Crippen LogP contribution >= 0.6 is 47.2 Å². The molecule has 2 heterocycles. The van der Waals surface area contributed by atoms with Crippen LogP contribution in [0.4, 0.5) is 6.01 Å². The number of rotatable bonds is 6. The van der Waals surface area contributed by atoms with Crippen molar-refractivity contribution in [1.82, 2.24) is 9.99 Å². The smallest absolute Gasteiger partial charge is 0.310 e. The Labute approximate surface area is 212 Å². The van der Waals surface area contributed by atoms with Crippen LogP contribution in [0.25, 0.3) is 22.6 Å². The minimum atomic E-state index is 0.431. The van der Waals surface area contributed by atoms with Gasteiger partial charge in [-0.3, -0.25) is 5.43 Å². The standard InChI is InChI=1S/C24H20Cl2N4OS2/c25-19-8-9-20(21(26)15-19)23-22(28-24(31-23)29-30-11-13-33-14-12-30)18-6-4-17(5-7-18)3-1-2-10-27-16-32/h4-9,15H,2,10-14H2,(H,28,29). The van der Waals surface area contributed by atoms with Gasteiger partial charge in [0.1, 0.15) is 5.69 Å². The molecule has 0 spiro atoms. The Balaban J connectivity index is 1.64. The number of aromatic nitrogens is 1. The molecule has 2 aromatic carbocycles. The molecule has 1 aromatic heterocycles. The van der Waals surface area contributed by atoms with Gasteiger partial charge >= 0.3 is 6.01 Å². The maximum Gasteiger partial charge on any atom is 0.310 e. The van der Waals surface area contributed by atoms with Crippen LogP contribution in [0.1, 0.15) is 12.0 Å². The van der Waals surface area contributed by atoms with Crippen molar-refractivity contribution in [2.45, 2.75) is 6.42 Å². The molecule has 3 aromatic rings. The van der Waals surface area contributed by atoms with Crippen LogP contribution < -0.4 is 5.43 Å². The first kappa shape index (κ1) is 23.8. The molecule has 168 valence electrons. The third kappa shape index (κ3) is 6.39. The highest BCUT2D eigenvalue weighted by Crippen LogP contribution is 2.39. The third-order valence-electron chi connectivity index (χ3n) is 4.87. The molecule has 33 heavy (non-hydrogen) atoms. The summed E-state index contributed by atoms with van der Waals surface area (Å²) in [5, 5.41) is 5.53. The predicted octanol–water partition coefficient (Wildman–Crippen LogP) is 6.54. The van der Waals surface area contributed by atoms with Gasteiger partial charge in [-0.25, -0.2) is 10.0 Å². The second-order valence-corrected chi connectivity index (χ2v) is 9.39. The fourth-order valence-corrected chi connectivity index (χ4v) is 4.75. The Kier molecular flexibility index (Phi) is 8.46. The van der Waals surface area contributed by atoms with E-state index in [4.69, 9.17) is 32.6 Å². The third-order valence-corrected chi connectivity index (χ3v) is 6.49. The molecule has 1 N–H and O–H groups in total. The van der Waals surface area contributed by atoms with Crippen LogP contribution in [0.15, 0.2) is 51.9 Å². The molecule has 0 bridgehead atoms. The number of hydrogen-bond donors (Lipinski definition) is 1. The van der Waals surface area contributed by atoms with Crippen molar-refractivity contribution in [2.75, 3.05) is 36.6 Å². The van der Waals surface area contributed by atoms with Crippen LogP contribution in [0.3, 0.4) is 0 Å². The highest BCUT2D eigenvalue weighted by molar-refractivity contribution is 7.99. The lowest BCUT2D eigenvalue weighted by molar-refractivity contribution is 0.348. The molecule has 0 radical (unpaired) electrons. The molecule has 5 nitrogen and oxygen atoms in total. The minimum Gasteiger partial charge on any atom is -0.422 e. The van der Waals surface area contributed by atoms with Gasteiger partial charge in [0, 0.05) is 52.7 Å². The first-order chi connectivity index (χ1) is 16.1. The van der Waals surface area contributed by atoms with Gasteiger partial charge in [-0.1, -0.05) is 47.2 Å². The Morgan fingerprint density at radius 1 is 1.15 bits per heavy atom. The quantitative estimate of drug-likeness (QED) is 0.174. The van der Waals surface area contributed by atoms with E-state index in [-0.39, 0.29) is 0 Å². The number of nitrogens with zero attached hydrogens (tertiary/aromatic N) is 3. The summed E-state index contributed by atoms with van der Waals surface area (Å²) in [5.41, 5.74) is 6.53. The summed E-state index contributed by atoms with van der Waals surface area (Å²) in [6.45, 7) is 2.40. The van der Waals surface area contributed by atoms with E-state index in [0.717, 1.165) is 41.3 Å². The van der Waals surface area contributed by atoms with Gasteiger partial charge in [0.25, 0.3) is 0 Å². The molecule has 9 heteroatoms. The summed E-state index contributed by atoms with van der Waals surface area (Å²) >= 11 is 19.1. The van der Waals surface area contributed by atoms with Gasteiger partial charge in [0.2, 0.25) is 0 Å². The van der Waals surface area contributed by atoms with E-state index in [1.165, 1.54) is 0 Å². The Hall–Kier alpha value is -2.30. The van der Waals surface area contributed by atoms with Crippen LogP contribution in [-0.4, -0.2) is 46.3 Å². The maximum absolute atomic E-state index is 6.50. The minimum absolute atomic E-state index is 0.431. The van der Waals surface area contributed by atoms with Crippen molar-refractivity contribution in [3.8, 4) is 34.4 Å². The number of oxazole rings is 1. The lowest BCUT2D eigenvalue weighted by Gasteiger charge is -2.25. The molecular weight excluding hydrogens is 495 g/mol. The summed E-state index contributed by atoms with van der Waals surface area (Å²) in [6, 6.07) is 13.6. The number of hydrazine groups is 1. The van der Waals surface area contributed by atoms with E-state index >= 15 is 0 Å². The molecule has 1 fully saturated rings. The fourth-order valence-electron chi connectivity index (χ4n) is 3.26. The van der Waals surface area contributed by atoms with E-state index < -0.39 is 0 Å². The van der Waals surface area contributed by atoms with Crippen molar-refractivity contribution < 1.29 is 4.42 Å². The van der Waals surface area contributed by atoms with Crippen LogP contribution in [0, 0.1) is 11.8 Å². The highest BCUT2D eigenvalue weighted by Gasteiger charge is 2.21. The largest absolute Gasteiger partial charge is 0.422 e. The zero-order chi connectivity index (χ0) is 23.0. The normalized spacial score (nSPS) is 13.6. The number of aliphatic imine (C=N–C) groups is 1. The van der Waals surface area contributed by atoms with E-state index in [1.54, 1.807) is 12.1 Å². The molecule has 0 amide bonds. The van der Waals surface area contributed by atoms with Crippen molar-refractivity contribution >= 4 is 58.4 Å². The number of thiocarbonyl (C=S) groups is 1.